The lowest BCUT2D eigenvalue weighted by atomic mass is 10.1. The van der Waals surface area contributed by atoms with Gasteiger partial charge in [0, 0.05) is 5.69 Å². The Balaban J connectivity index is 2.16. The topological polar surface area (TPSA) is 29.1 Å². The first-order chi connectivity index (χ1) is 8.29. The molecule has 0 aliphatic rings. The number of alkyl halides is 1. The van der Waals surface area contributed by atoms with Crippen LogP contribution < -0.4 is 5.32 Å². The summed E-state index contributed by atoms with van der Waals surface area (Å²) in [6, 6.07) is 17.9. The van der Waals surface area contributed by atoms with Crippen molar-refractivity contribution >= 4 is 27.5 Å². The SMILES string of the molecule is O=C(CBr)Nc1ccc(-c2ccccc2)cc1. The third-order valence-electron chi connectivity index (χ3n) is 2.40. The van der Waals surface area contributed by atoms with Gasteiger partial charge in [0.05, 0.1) is 5.33 Å². The molecule has 0 fully saturated rings. The molecule has 0 aliphatic heterocycles. The van der Waals surface area contributed by atoms with Crippen LogP contribution in [0.2, 0.25) is 0 Å². The summed E-state index contributed by atoms with van der Waals surface area (Å²) >= 11 is 3.11. The van der Waals surface area contributed by atoms with Crippen LogP contribution in [0.3, 0.4) is 0 Å². The van der Waals surface area contributed by atoms with Crippen molar-refractivity contribution in [1.29, 1.82) is 0 Å². The van der Waals surface area contributed by atoms with Crippen LogP contribution in [0.5, 0.6) is 0 Å². The molecular formula is C14H12BrNO. The minimum absolute atomic E-state index is 0.0440. The second-order valence-electron chi connectivity index (χ2n) is 3.63. The predicted molar refractivity (Wildman–Crippen MR) is 74.3 cm³/mol. The van der Waals surface area contributed by atoms with Crippen LogP contribution in [0.25, 0.3) is 11.1 Å². The van der Waals surface area contributed by atoms with Crippen molar-refractivity contribution in [2.24, 2.45) is 0 Å². The van der Waals surface area contributed by atoms with Crippen LogP contribution in [0.1, 0.15) is 0 Å². The van der Waals surface area contributed by atoms with Crippen LogP contribution >= 0.6 is 15.9 Å². The van der Waals surface area contributed by atoms with Gasteiger partial charge in [0.1, 0.15) is 0 Å². The summed E-state index contributed by atoms with van der Waals surface area (Å²) in [6.07, 6.45) is 0. The Kier molecular flexibility index (Phi) is 3.94. The molecule has 2 rings (SSSR count). The Hall–Kier alpha value is -1.61. The van der Waals surface area contributed by atoms with Crippen molar-refractivity contribution in [3.63, 3.8) is 0 Å². The summed E-state index contributed by atoms with van der Waals surface area (Å²) in [7, 11) is 0. The molecule has 86 valence electrons. The number of hydrogen-bond acceptors (Lipinski definition) is 1. The van der Waals surface area contributed by atoms with Gasteiger partial charge in [-0.2, -0.15) is 0 Å². The zero-order chi connectivity index (χ0) is 12.1. The molecule has 0 aliphatic carbocycles. The van der Waals surface area contributed by atoms with Crippen LogP contribution in [0, 0.1) is 0 Å². The smallest absolute Gasteiger partial charge is 0.235 e. The Morgan fingerprint density at radius 3 is 2.12 bits per heavy atom. The van der Waals surface area contributed by atoms with Crippen molar-refractivity contribution < 1.29 is 4.79 Å². The van der Waals surface area contributed by atoms with Gasteiger partial charge >= 0.3 is 0 Å². The molecule has 17 heavy (non-hydrogen) atoms. The quantitative estimate of drug-likeness (QED) is 0.858. The van der Waals surface area contributed by atoms with E-state index < -0.39 is 0 Å². The largest absolute Gasteiger partial charge is 0.325 e. The third kappa shape index (κ3) is 3.17. The highest BCUT2D eigenvalue weighted by molar-refractivity contribution is 9.09. The molecule has 3 heteroatoms. The molecule has 1 amide bonds. The lowest BCUT2D eigenvalue weighted by Crippen LogP contribution is -2.11. The Bertz CT molecular complexity index is 493. The Labute approximate surface area is 109 Å². The molecule has 0 saturated carbocycles. The zero-order valence-corrected chi connectivity index (χ0v) is 10.8. The van der Waals surface area contributed by atoms with E-state index in [2.05, 4.69) is 33.4 Å². The maximum atomic E-state index is 11.2. The molecule has 0 aromatic heterocycles. The molecule has 1 N–H and O–H groups in total. The molecule has 0 atom stereocenters. The molecule has 0 heterocycles. The zero-order valence-electron chi connectivity index (χ0n) is 9.19. The number of carbonyl (C=O) groups excluding carboxylic acids is 1. The number of halogens is 1. The number of carbonyl (C=O) groups is 1. The van der Waals surface area contributed by atoms with Crippen molar-refractivity contribution in [3.8, 4) is 11.1 Å². The average molecular weight is 290 g/mol. The highest BCUT2D eigenvalue weighted by Gasteiger charge is 2.00. The van der Waals surface area contributed by atoms with E-state index in [-0.39, 0.29) is 5.91 Å². The van der Waals surface area contributed by atoms with Crippen molar-refractivity contribution in [2.45, 2.75) is 0 Å². The monoisotopic (exact) mass is 289 g/mol. The first kappa shape index (κ1) is 11.9. The van der Waals surface area contributed by atoms with Gasteiger partial charge in [-0.05, 0) is 23.3 Å². The lowest BCUT2D eigenvalue weighted by Gasteiger charge is -2.05. The van der Waals surface area contributed by atoms with E-state index in [4.69, 9.17) is 0 Å². The fourth-order valence-corrected chi connectivity index (χ4v) is 1.71. The number of nitrogens with one attached hydrogen (secondary N) is 1. The van der Waals surface area contributed by atoms with E-state index in [1.54, 1.807) is 0 Å². The second-order valence-corrected chi connectivity index (χ2v) is 4.19. The van der Waals surface area contributed by atoms with Gasteiger partial charge in [0.25, 0.3) is 0 Å². The van der Waals surface area contributed by atoms with Crippen molar-refractivity contribution in [2.75, 3.05) is 10.6 Å². The molecule has 2 aromatic rings. The molecule has 2 nitrogen and oxygen atoms in total. The number of hydrogen-bond donors (Lipinski definition) is 1. The Morgan fingerprint density at radius 2 is 1.53 bits per heavy atom. The summed E-state index contributed by atoms with van der Waals surface area (Å²) in [5, 5.41) is 3.10. The molecular weight excluding hydrogens is 278 g/mol. The van der Waals surface area contributed by atoms with Gasteiger partial charge in [-0.15, -0.1) is 0 Å². The number of amides is 1. The van der Waals surface area contributed by atoms with Crippen LogP contribution in [0.15, 0.2) is 54.6 Å². The van der Waals surface area contributed by atoms with Gasteiger partial charge in [0.2, 0.25) is 5.91 Å². The predicted octanol–water partition coefficient (Wildman–Crippen LogP) is 3.69. The average Bonchev–Trinajstić information content (AvgIpc) is 2.40. The first-order valence-corrected chi connectivity index (χ1v) is 6.43. The standard InChI is InChI=1S/C14H12BrNO/c15-10-14(17)16-13-8-6-12(7-9-13)11-4-2-1-3-5-11/h1-9H,10H2,(H,16,17). The molecule has 2 aromatic carbocycles. The maximum Gasteiger partial charge on any atom is 0.235 e. The molecule has 0 bridgehead atoms. The lowest BCUT2D eigenvalue weighted by molar-refractivity contribution is -0.113. The van der Waals surface area contributed by atoms with E-state index in [9.17, 15) is 4.79 Å². The highest BCUT2D eigenvalue weighted by Crippen LogP contribution is 2.20. The van der Waals surface area contributed by atoms with E-state index >= 15 is 0 Å². The molecule has 0 radical (unpaired) electrons. The Morgan fingerprint density at radius 1 is 0.941 bits per heavy atom. The van der Waals surface area contributed by atoms with Gasteiger partial charge in [-0.1, -0.05) is 58.4 Å². The normalized spacial score (nSPS) is 9.94. The number of rotatable bonds is 3. The van der Waals surface area contributed by atoms with Gasteiger partial charge in [-0.25, -0.2) is 0 Å². The minimum Gasteiger partial charge on any atom is -0.325 e. The summed E-state index contributed by atoms with van der Waals surface area (Å²) in [6.45, 7) is 0. The van der Waals surface area contributed by atoms with Gasteiger partial charge < -0.3 is 5.32 Å². The summed E-state index contributed by atoms with van der Waals surface area (Å²) in [5.41, 5.74) is 3.13. The van der Waals surface area contributed by atoms with Crippen molar-refractivity contribution in [3.05, 3.63) is 54.6 Å². The summed E-state index contributed by atoms with van der Waals surface area (Å²) in [4.78, 5) is 11.2. The minimum atomic E-state index is -0.0440. The third-order valence-corrected chi connectivity index (χ3v) is 2.91. The summed E-state index contributed by atoms with van der Waals surface area (Å²) < 4.78 is 0. The first-order valence-electron chi connectivity index (χ1n) is 5.31. The van der Waals surface area contributed by atoms with Crippen LogP contribution in [0.4, 0.5) is 5.69 Å². The van der Waals surface area contributed by atoms with Crippen LogP contribution in [-0.2, 0) is 4.79 Å². The molecule has 0 unspecified atom stereocenters. The fraction of sp³-hybridized carbons (Fsp3) is 0.0714. The molecule has 0 spiro atoms. The van der Waals surface area contributed by atoms with E-state index in [0.717, 1.165) is 11.3 Å². The number of benzene rings is 2. The molecule has 0 saturated heterocycles. The van der Waals surface area contributed by atoms with Gasteiger partial charge in [-0.3, -0.25) is 4.79 Å². The number of anilines is 1. The summed E-state index contributed by atoms with van der Waals surface area (Å²) in [5.74, 6) is -0.0440. The van der Waals surface area contributed by atoms with E-state index in [1.807, 2.05) is 42.5 Å². The maximum absolute atomic E-state index is 11.2. The van der Waals surface area contributed by atoms with Crippen molar-refractivity contribution in [1.82, 2.24) is 0 Å². The second kappa shape index (κ2) is 5.64. The van der Waals surface area contributed by atoms with E-state index in [0.29, 0.717) is 5.33 Å². The van der Waals surface area contributed by atoms with E-state index in [1.165, 1.54) is 5.56 Å². The fourth-order valence-electron chi connectivity index (χ4n) is 1.57. The highest BCUT2D eigenvalue weighted by atomic mass is 79.9. The van der Waals surface area contributed by atoms with Gasteiger partial charge in [0.15, 0.2) is 0 Å². The van der Waals surface area contributed by atoms with Crippen LogP contribution in [-0.4, -0.2) is 11.2 Å².